The topological polar surface area (TPSA) is 117 Å². The van der Waals surface area contributed by atoms with E-state index in [9.17, 15) is 0 Å². The summed E-state index contributed by atoms with van der Waals surface area (Å²) in [7, 11) is 0. The van der Waals surface area contributed by atoms with E-state index < -0.39 is 0 Å². The molecule has 39 heavy (non-hydrogen) atoms. The minimum Gasteiger partial charge on any atom is -0.403 e. The first kappa shape index (κ1) is 26.9. The Balaban J connectivity index is 1.10. The first-order valence-electron chi connectivity index (χ1n) is 14.7. The quantitative estimate of drug-likeness (QED) is 0.420. The van der Waals surface area contributed by atoms with E-state index in [0.717, 1.165) is 72.7 Å². The molecule has 1 aliphatic carbocycles. The first-order chi connectivity index (χ1) is 19.0. The van der Waals surface area contributed by atoms with Gasteiger partial charge in [-0.3, -0.25) is 14.8 Å². The maximum atomic E-state index is 5.92. The van der Waals surface area contributed by atoms with E-state index in [0.29, 0.717) is 29.8 Å². The monoisotopic (exact) mass is 553 g/mol. The van der Waals surface area contributed by atoms with Crippen molar-refractivity contribution in [3.05, 3.63) is 17.6 Å². The first-order valence-corrected chi connectivity index (χ1v) is 15.5. The Hall–Kier alpha value is -2.34. The molecule has 0 radical (unpaired) electrons. The van der Waals surface area contributed by atoms with Crippen LogP contribution in [0.1, 0.15) is 64.5 Å². The fourth-order valence-corrected chi connectivity index (χ4v) is 7.75. The molecule has 0 aromatic carbocycles. The molecule has 2 unspecified atom stereocenters. The van der Waals surface area contributed by atoms with Gasteiger partial charge in [0.2, 0.25) is 5.95 Å². The third kappa shape index (κ3) is 5.77. The molecule has 11 heteroatoms. The Morgan fingerprint density at radius 3 is 2.56 bits per heavy atom. The minimum atomic E-state index is 0.264. The molecule has 4 aliphatic rings. The van der Waals surface area contributed by atoms with Gasteiger partial charge in [0.25, 0.3) is 0 Å². The van der Waals surface area contributed by atoms with Gasteiger partial charge in [-0.05, 0) is 77.2 Å². The van der Waals surface area contributed by atoms with Gasteiger partial charge in [0.05, 0.1) is 22.8 Å². The van der Waals surface area contributed by atoms with Crippen LogP contribution in [0, 0.1) is 6.92 Å². The van der Waals surface area contributed by atoms with Crippen LogP contribution in [0.5, 0.6) is 0 Å². The number of nitrogens with two attached hydrogens (primary N) is 1. The second-order valence-corrected chi connectivity index (χ2v) is 12.6. The number of hydrogen-bond donors (Lipinski definition) is 3. The van der Waals surface area contributed by atoms with E-state index in [1.165, 1.54) is 50.1 Å². The number of anilines is 2. The number of hydrogen-bond acceptors (Lipinski definition) is 11. The van der Waals surface area contributed by atoms with Crippen LogP contribution in [-0.2, 0) is 4.74 Å². The van der Waals surface area contributed by atoms with Crippen LogP contribution in [0.4, 0.5) is 11.8 Å². The van der Waals surface area contributed by atoms with Gasteiger partial charge < -0.3 is 21.1 Å². The number of aryl methyl sites for hydroxylation is 1. The number of likely N-dealkylation sites (tertiary alicyclic amines) is 2. The molecule has 10 nitrogen and oxygen atoms in total. The van der Waals surface area contributed by atoms with E-state index in [1.807, 2.05) is 6.92 Å². The van der Waals surface area contributed by atoms with Gasteiger partial charge in [-0.2, -0.15) is 14.3 Å². The lowest BCUT2D eigenvalue weighted by molar-refractivity contribution is 0.0595. The van der Waals surface area contributed by atoms with Crippen LogP contribution in [0.25, 0.3) is 10.2 Å². The van der Waals surface area contributed by atoms with Gasteiger partial charge in [0.1, 0.15) is 5.82 Å². The molecule has 3 aliphatic heterocycles. The fourth-order valence-electron chi connectivity index (χ4n) is 6.97. The molecule has 4 fully saturated rings. The molecule has 0 amide bonds. The Kier molecular flexibility index (Phi) is 8.02. The van der Waals surface area contributed by atoms with Gasteiger partial charge in [-0.25, -0.2) is 0 Å². The molecular weight excluding hydrogens is 510 g/mol. The van der Waals surface area contributed by atoms with Crippen LogP contribution in [-0.4, -0.2) is 92.9 Å². The predicted molar refractivity (Wildman–Crippen MR) is 159 cm³/mol. The number of allylic oxidation sites excluding steroid dienone is 1. The summed E-state index contributed by atoms with van der Waals surface area (Å²) in [6, 6.07) is 3.55. The number of nitrogens with one attached hydrogen (secondary N) is 2. The third-order valence-corrected chi connectivity index (χ3v) is 9.89. The molecule has 2 bridgehead atoms. The van der Waals surface area contributed by atoms with Gasteiger partial charge in [-0.1, -0.05) is 0 Å². The Labute approximate surface area is 235 Å². The van der Waals surface area contributed by atoms with Crippen molar-refractivity contribution in [2.24, 2.45) is 10.7 Å². The number of nitrogens with zero attached hydrogens (tertiary/aromatic N) is 6. The summed E-state index contributed by atoms with van der Waals surface area (Å²) in [6.45, 7) is 10.7. The number of aliphatic imine (C=N–C) groups is 1. The van der Waals surface area contributed by atoms with Gasteiger partial charge in [0, 0.05) is 68.9 Å². The molecule has 1 saturated carbocycles. The van der Waals surface area contributed by atoms with Gasteiger partial charge in [-0.15, -0.1) is 0 Å². The average molecular weight is 554 g/mol. The summed E-state index contributed by atoms with van der Waals surface area (Å²) >= 11 is 1.41. The highest BCUT2D eigenvalue weighted by Gasteiger charge is 2.46. The minimum absolute atomic E-state index is 0.264. The Morgan fingerprint density at radius 2 is 1.87 bits per heavy atom. The maximum absolute atomic E-state index is 5.92. The van der Waals surface area contributed by atoms with Crippen LogP contribution in [0.2, 0.25) is 0 Å². The second-order valence-electron chi connectivity index (χ2n) is 11.9. The zero-order valence-electron chi connectivity index (χ0n) is 23.5. The molecule has 2 aromatic heterocycles. The zero-order valence-corrected chi connectivity index (χ0v) is 24.3. The molecule has 2 atom stereocenters. The Morgan fingerprint density at radius 1 is 1.08 bits per heavy atom. The van der Waals surface area contributed by atoms with Crippen LogP contribution in [0.3, 0.4) is 0 Å². The molecule has 3 saturated heterocycles. The average Bonchev–Trinajstić information content (AvgIpc) is 3.67. The van der Waals surface area contributed by atoms with E-state index in [2.05, 4.69) is 38.7 Å². The van der Waals surface area contributed by atoms with Crippen molar-refractivity contribution < 1.29 is 4.74 Å². The summed E-state index contributed by atoms with van der Waals surface area (Å²) in [5.41, 5.74) is 7.58. The van der Waals surface area contributed by atoms with Crippen molar-refractivity contribution in [3.8, 4) is 0 Å². The summed E-state index contributed by atoms with van der Waals surface area (Å²) < 4.78 is 10.0. The van der Waals surface area contributed by atoms with Crippen molar-refractivity contribution in [2.45, 2.75) is 102 Å². The summed E-state index contributed by atoms with van der Waals surface area (Å²) in [4.78, 5) is 20.8. The highest BCUT2D eigenvalue weighted by Crippen LogP contribution is 2.38. The van der Waals surface area contributed by atoms with Crippen LogP contribution >= 0.6 is 11.5 Å². The molecule has 6 rings (SSSR count). The summed E-state index contributed by atoms with van der Waals surface area (Å²) in [6.07, 6.45) is 11.3. The van der Waals surface area contributed by atoms with Crippen LogP contribution < -0.4 is 16.4 Å². The van der Waals surface area contributed by atoms with Gasteiger partial charge in [0.15, 0.2) is 4.83 Å². The van der Waals surface area contributed by atoms with Crippen molar-refractivity contribution >= 4 is 39.7 Å². The zero-order chi connectivity index (χ0) is 26.9. The van der Waals surface area contributed by atoms with E-state index >= 15 is 0 Å². The number of rotatable bonds is 8. The van der Waals surface area contributed by atoms with Crippen LogP contribution in [0.15, 0.2) is 16.9 Å². The summed E-state index contributed by atoms with van der Waals surface area (Å²) in [5.74, 6) is 1.38. The number of fused-ring (bicyclic) bond motifs is 3. The third-order valence-electron chi connectivity index (χ3n) is 9.05. The number of aromatic nitrogens is 3. The molecule has 4 N–H and O–H groups in total. The van der Waals surface area contributed by atoms with Crippen molar-refractivity contribution in [3.63, 3.8) is 0 Å². The highest BCUT2D eigenvalue weighted by molar-refractivity contribution is 7.13. The molecule has 2 aromatic rings. The molecule has 212 valence electrons. The summed E-state index contributed by atoms with van der Waals surface area (Å²) in [5, 5.41) is 8.08. The molecule has 5 heterocycles. The predicted octanol–water partition coefficient (Wildman–Crippen LogP) is 3.75. The Bertz CT molecular complexity index is 1200. The van der Waals surface area contributed by atoms with Crippen molar-refractivity contribution in [1.82, 2.24) is 24.1 Å². The lowest BCUT2D eigenvalue weighted by atomic mass is 9.89. The van der Waals surface area contributed by atoms with Crippen molar-refractivity contribution in [1.29, 1.82) is 0 Å². The largest absolute Gasteiger partial charge is 0.403 e. The van der Waals surface area contributed by atoms with Gasteiger partial charge >= 0.3 is 0 Å². The number of piperazine rings is 1. The van der Waals surface area contributed by atoms with E-state index in [4.69, 9.17) is 25.4 Å². The lowest BCUT2D eigenvalue weighted by Gasteiger charge is -2.43. The smallest absolute Gasteiger partial charge is 0.230 e. The maximum Gasteiger partial charge on any atom is 0.230 e. The molecule has 0 spiro atoms. The standard InChI is InChI=1S/C28H43N9OS/c1-17(2)36-15-24-12-23(36)16-37(24)22-6-4-20(5-7-22)31-26-25-18(3)35-39-27(25)34-28(33-26)32-21(13-29)14-30-19-8-10-38-11-9-19/h13-14,17,19-20,22-24H,4-12,15-16,29H2,1-3H3,(H2,31,32,33,34). The lowest BCUT2D eigenvalue weighted by Crippen LogP contribution is -2.53. The highest BCUT2D eigenvalue weighted by atomic mass is 32.1. The van der Waals surface area contributed by atoms with E-state index in [-0.39, 0.29) is 6.04 Å². The SMILES string of the molecule is Cc1nsc2nc(NC(C=NC3CCOCC3)=CN)nc(NC3CCC(N4CC5CC4CN5C(C)C)CC3)c12. The fraction of sp³-hybridized carbons (Fsp3) is 0.714. The number of ether oxygens (including phenoxy) is 1. The molecular formula is C28H43N9OS. The van der Waals surface area contributed by atoms with Crippen molar-refractivity contribution in [2.75, 3.05) is 36.9 Å². The second kappa shape index (κ2) is 11.6. The normalized spacial score (nSPS) is 29.3. The van der Waals surface area contributed by atoms with E-state index in [1.54, 1.807) is 6.21 Å².